The first-order valence-electron chi connectivity index (χ1n) is 6.99. The molecule has 0 amide bonds. The third-order valence-electron chi connectivity index (χ3n) is 3.62. The zero-order chi connectivity index (χ0) is 14.8. The molecule has 3 N–H and O–H groups in total. The van der Waals surface area contributed by atoms with Crippen molar-refractivity contribution >= 4 is 0 Å². The van der Waals surface area contributed by atoms with Crippen molar-refractivity contribution < 1.29 is 5.11 Å². The minimum Gasteiger partial charge on any atom is -0.384 e. The second-order valence-electron chi connectivity index (χ2n) is 6.22. The summed E-state index contributed by atoms with van der Waals surface area (Å²) in [4.78, 5) is 0. The van der Waals surface area contributed by atoms with E-state index in [2.05, 4.69) is 32.9 Å². The van der Waals surface area contributed by atoms with E-state index in [0.29, 0.717) is 6.54 Å². The molecule has 0 aliphatic heterocycles. The predicted octanol–water partition coefficient (Wildman–Crippen LogP) is 3.52. The second kappa shape index (κ2) is 5.78. The molecule has 2 nitrogen and oxygen atoms in total. The van der Waals surface area contributed by atoms with Crippen LogP contribution in [-0.2, 0) is 12.0 Å². The maximum atomic E-state index is 10.4. The molecule has 0 fully saturated rings. The van der Waals surface area contributed by atoms with Crippen molar-refractivity contribution in [2.75, 3.05) is 0 Å². The Morgan fingerprint density at radius 3 is 1.75 bits per heavy atom. The fraction of sp³-hybridized carbons (Fsp3) is 0.333. The van der Waals surface area contributed by atoms with Crippen molar-refractivity contribution in [2.45, 2.75) is 38.8 Å². The Bertz CT molecular complexity index is 549. The molecule has 0 aromatic heterocycles. The van der Waals surface area contributed by atoms with E-state index in [1.165, 1.54) is 5.56 Å². The molecule has 1 unspecified atom stereocenters. The second-order valence-corrected chi connectivity index (χ2v) is 6.22. The number of benzene rings is 2. The smallest absolute Gasteiger partial charge is 0.104 e. The van der Waals surface area contributed by atoms with Gasteiger partial charge in [0.1, 0.15) is 6.10 Å². The molecule has 0 heterocycles. The number of aliphatic hydroxyl groups is 1. The first kappa shape index (κ1) is 14.8. The quantitative estimate of drug-likeness (QED) is 0.895. The van der Waals surface area contributed by atoms with Gasteiger partial charge in [-0.1, -0.05) is 69.3 Å². The highest BCUT2D eigenvalue weighted by atomic mass is 16.3. The Balaban J connectivity index is 2.22. The van der Waals surface area contributed by atoms with Crippen LogP contribution in [0.5, 0.6) is 0 Å². The van der Waals surface area contributed by atoms with Crippen LogP contribution in [0.25, 0.3) is 0 Å². The van der Waals surface area contributed by atoms with Crippen molar-refractivity contribution in [3.63, 3.8) is 0 Å². The van der Waals surface area contributed by atoms with Gasteiger partial charge in [0, 0.05) is 6.54 Å². The Hall–Kier alpha value is -1.64. The van der Waals surface area contributed by atoms with Crippen molar-refractivity contribution in [1.29, 1.82) is 0 Å². The Kier molecular flexibility index (Phi) is 4.26. The SMILES string of the molecule is CC(C)(C)c1ccc(C(O)c2ccc(CN)cc2)cc1. The molecule has 2 rings (SSSR count). The molecule has 0 aliphatic rings. The third-order valence-corrected chi connectivity index (χ3v) is 3.62. The molecule has 0 aliphatic carbocycles. The molecule has 106 valence electrons. The molecular weight excluding hydrogens is 246 g/mol. The summed E-state index contributed by atoms with van der Waals surface area (Å²) in [6.45, 7) is 7.08. The lowest BCUT2D eigenvalue weighted by Gasteiger charge is -2.20. The summed E-state index contributed by atoms with van der Waals surface area (Å²) in [5.74, 6) is 0. The largest absolute Gasteiger partial charge is 0.384 e. The molecule has 2 aromatic carbocycles. The van der Waals surface area contributed by atoms with Crippen LogP contribution < -0.4 is 5.73 Å². The van der Waals surface area contributed by atoms with Crippen molar-refractivity contribution in [3.05, 3.63) is 70.8 Å². The summed E-state index contributed by atoms with van der Waals surface area (Å²) >= 11 is 0. The minimum absolute atomic E-state index is 0.131. The maximum absolute atomic E-state index is 10.4. The van der Waals surface area contributed by atoms with Crippen molar-refractivity contribution in [2.24, 2.45) is 5.73 Å². The average Bonchev–Trinajstić information content (AvgIpc) is 2.46. The molecular formula is C18H23NO. The van der Waals surface area contributed by atoms with Crippen LogP contribution in [0.2, 0.25) is 0 Å². The zero-order valence-electron chi connectivity index (χ0n) is 12.4. The summed E-state index contributed by atoms with van der Waals surface area (Å²) < 4.78 is 0. The van der Waals surface area contributed by atoms with E-state index in [9.17, 15) is 5.11 Å². The van der Waals surface area contributed by atoms with Gasteiger partial charge in [0.05, 0.1) is 0 Å². The molecule has 1 atom stereocenters. The normalized spacial score (nSPS) is 13.2. The van der Waals surface area contributed by atoms with E-state index in [0.717, 1.165) is 16.7 Å². The van der Waals surface area contributed by atoms with E-state index in [1.807, 2.05) is 36.4 Å². The van der Waals surface area contributed by atoms with Gasteiger partial charge in [-0.3, -0.25) is 0 Å². The molecule has 0 radical (unpaired) electrons. The fourth-order valence-electron chi connectivity index (χ4n) is 2.19. The highest BCUT2D eigenvalue weighted by Crippen LogP contribution is 2.26. The van der Waals surface area contributed by atoms with Crippen LogP contribution in [0.3, 0.4) is 0 Å². The highest BCUT2D eigenvalue weighted by Gasteiger charge is 2.15. The van der Waals surface area contributed by atoms with E-state index in [1.54, 1.807) is 0 Å². The van der Waals surface area contributed by atoms with Crippen molar-refractivity contribution in [1.82, 2.24) is 0 Å². The lowest BCUT2D eigenvalue weighted by atomic mass is 9.86. The standard InChI is InChI=1S/C18H23NO/c1-18(2,3)16-10-8-15(9-11-16)17(20)14-6-4-13(12-19)5-7-14/h4-11,17,20H,12,19H2,1-3H3. The lowest BCUT2D eigenvalue weighted by molar-refractivity contribution is 0.220. The molecule has 0 saturated heterocycles. The number of rotatable bonds is 3. The van der Waals surface area contributed by atoms with Gasteiger partial charge in [-0.15, -0.1) is 0 Å². The maximum Gasteiger partial charge on any atom is 0.104 e. The minimum atomic E-state index is -0.587. The lowest BCUT2D eigenvalue weighted by Crippen LogP contribution is -2.11. The Morgan fingerprint density at radius 2 is 1.35 bits per heavy atom. The van der Waals surface area contributed by atoms with Crippen LogP contribution in [-0.4, -0.2) is 5.11 Å². The monoisotopic (exact) mass is 269 g/mol. The topological polar surface area (TPSA) is 46.2 Å². The first-order chi connectivity index (χ1) is 9.41. The number of hydrogen-bond donors (Lipinski definition) is 2. The highest BCUT2D eigenvalue weighted by molar-refractivity contribution is 5.35. The number of nitrogens with two attached hydrogens (primary N) is 1. The van der Waals surface area contributed by atoms with Gasteiger partial charge in [-0.2, -0.15) is 0 Å². The van der Waals surface area contributed by atoms with Gasteiger partial charge in [-0.25, -0.2) is 0 Å². The fourth-order valence-corrected chi connectivity index (χ4v) is 2.19. The van der Waals surface area contributed by atoms with E-state index >= 15 is 0 Å². The molecule has 20 heavy (non-hydrogen) atoms. The van der Waals surface area contributed by atoms with Crippen LogP contribution >= 0.6 is 0 Å². The van der Waals surface area contributed by atoms with Gasteiger partial charge >= 0.3 is 0 Å². The summed E-state index contributed by atoms with van der Waals surface area (Å²) in [7, 11) is 0. The van der Waals surface area contributed by atoms with E-state index < -0.39 is 6.10 Å². The van der Waals surface area contributed by atoms with E-state index in [-0.39, 0.29) is 5.41 Å². The van der Waals surface area contributed by atoms with Crippen LogP contribution in [0.1, 0.15) is 49.1 Å². The summed E-state index contributed by atoms with van der Waals surface area (Å²) in [6.07, 6.45) is -0.587. The Labute approximate surface area is 121 Å². The summed E-state index contributed by atoms with van der Waals surface area (Å²) in [6, 6.07) is 16.0. The van der Waals surface area contributed by atoms with Gasteiger partial charge in [0.15, 0.2) is 0 Å². The first-order valence-corrected chi connectivity index (χ1v) is 6.99. The van der Waals surface area contributed by atoms with Crippen LogP contribution in [0, 0.1) is 0 Å². The van der Waals surface area contributed by atoms with Gasteiger partial charge in [-0.05, 0) is 27.7 Å². The number of hydrogen-bond acceptors (Lipinski definition) is 2. The predicted molar refractivity (Wildman–Crippen MR) is 83.5 cm³/mol. The summed E-state index contributed by atoms with van der Waals surface area (Å²) in [5, 5.41) is 10.4. The van der Waals surface area contributed by atoms with Gasteiger partial charge in [0.25, 0.3) is 0 Å². The Morgan fingerprint density at radius 1 is 0.900 bits per heavy atom. The third kappa shape index (κ3) is 3.27. The molecule has 2 heteroatoms. The van der Waals surface area contributed by atoms with Crippen LogP contribution in [0.15, 0.2) is 48.5 Å². The van der Waals surface area contributed by atoms with Gasteiger partial charge < -0.3 is 10.8 Å². The molecule has 2 aromatic rings. The van der Waals surface area contributed by atoms with E-state index in [4.69, 9.17) is 5.73 Å². The van der Waals surface area contributed by atoms with Gasteiger partial charge in [0.2, 0.25) is 0 Å². The molecule has 0 bridgehead atoms. The zero-order valence-corrected chi connectivity index (χ0v) is 12.4. The molecule has 0 saturated carbocycles. The average molecular weight is 269 g/mol. The van der Waals surface area contributed by atoms with Crippen LogP contribution in [0.4, 0.5) is 0 Å². The van der Waals surface area contributed by atoms with Crippen molar-refractivity contribution in [3.8, 4) is 0 Å². The number of aliphatic hydroxyl groups excluding tert-OH is 1. The summed E-state index contributed by atoms with van der Waals surface area (Å²) in [5.41, 5.74) is 9.87. The molecule has 0 spiro atoms.